The highest BCUT2D eigenvalue weighted by Gasteiger charge is 2.18. The van der Waals surface area contributed by atoms with Crippen molar-refractivity contribution in [2.45, 2.75) is 6.67 Å². The summed E-state index contributed by atoms with van der Waals surface area (Å²) in [5.41, 5.74) is 0.591. The van der Waals surface area contributed by atoms with Gasteiger partial charge in [0, 0.05) is 38.6 Å². The number of hydrogen-bond donors (Lipinski definition) is 0. The van der Waals surface area contributed by atoms with Crippen LogP contribution in [0.5, 0.6) is 0 Å². The smallest absolute Gasteiger partial charge is 0.128 e. The van der Waals surface area contributed by atoms with Gasteiger partial charge in [0.25, 0.3) is 0 Å². The Hall–Kier alpha value is -2.10. The van der Waals surface area contributed by atoms with Gasteiger partial charge in [-0.15, -0.1) is 0 Å². The third-order valence-corrected chi connectivity index (χ3v) is 3.72. The van der Waals surface area contributed by atoms with E-state index >= 15 is 0 Å². The summed E-state index contributed by atoms with van der Waals surface area (Å²) in [5, 5.41) is 13.6. The van der Waals surface area contributed by atoms with Crippen molar-refractivity contribution in [3.8, 4) is 6.07 Å². The van der Waals surface area contributed by atoms with E-state index in [1.54, 1.807) is 18.5 Å². The summed E-state index contributed by atoms with van der Waals surface area (Å²) < 4.78 is 1.85. The summed E-state index contributed by atoms with van der Waals surface area (Å²) in [6, 6.07) is 5.79. The molecule has 0 unspecified atom stereocenters. The van der Waals surface area contributed by atoms with E-state index in [0.717, 1.165) is 38.7 Å². The summed E-state index contributed by atoms with van der Waals surface area (Å²) >= 11 is 5.86. The van der Waals surface area contributed by atoms with Crippen LogP contribution in [0.4, 0.5) is 5.82 Å². The van der Waals surface area contributed by atoms with E-state index in [4.69, 9.17) is 16.9 Å². The number of nitrogens with zero attached hydrogens (tertiary/aromatic N) is 6. The summed E-state index contributed by atoms with van der Waals surface area (Å²) in [5.74, 6) is 0.927. The number of aromatic nitrogens is 3. The highest BCUT2D eigenvalue weighted by Crippen LogP contribution is 2.14. The van der Waals surface area contributed by atoms with Crippen molar-refractivity contribution in [1.82, 2.24) is 19.7 Å². The van der Waals surface area contributed by atoms with Crippen molar-refractivity contribution in [1.29, 1.82) is 5.26 Å². The molecule has 0 bridgehead atoms. The molecule has 1 saturated heterocycles. The standard InChI is InChI=1S/C14H15ClN6/c15-13-9-18-21(10-13)11-19-3-5-20(6-4-19)14-2-1-12(7-16)8-17-14/h1-2,8-10H,3-6,11H2. The number of piperazine rings is 1. The zero-order valence-corrected chi connectivity index (χ0v) is 12.2. The lowest BCUT2D eigenvalue weighted by Crippen LogP contribution is -2.47. The average molecular weight is 303 g/mol. The van der Waals surface area contributed by atoms with Gasteiger partial charge in [-0.1, -0.05) is 11.6 Å². The van der Waals surface area contributed by atoms with Gasteiger partial charge in [0.15, 0.2) is 0 Å². The maximum Gasteiger partial charge on any atom is 0.128 e. The van der Waals surface area contributed by atoms with E-state index < -0.39 is 0 Å². The third kappa shape index (κ3) is 3.32. The van der Waals surface area contributed by atoms with Crippen molar-refractivity contribution in [3.05, 3.63) is 41.3 Å². The molecule has 0 amide bonds. The number of pyridine rings is 1. The number of halogens is 1. The first-order chi connectivity index (χ1) is 10.2. The third-order valence-electron chi connectivity index (χ3n) is 3.52. The van der Waals surface area contributed by atoms with Crippen LogP contribution >= 0.6 is 11.6 Å². The molecule has 0 aromatic carbocycles. The fourth-order valence-electron chi connectivity index (χ4n) is 2.38. The second kappa shape index (κ2) is 6.12. The first-order valence-electron chi connectivity index (χ1n) is 6.76. The SMILES string of the molecule is N#Cc1ccc(N2CCN(Cn3cc(Cl)cn3)CC2)nc1. The second-order valence-electron chi connectivity index (χ2n) is 4.96. The molecule has 0 saturated carbocycles. The predicted molar refractivity (Wildman–Crippen MR) is 80.0 cm³/mol. The summed E-state index contributed by atoms with van der Waals surface area (Å²) in [6.07, 6.45) is 5.10. The van der Waals surface area contributed by atoms with Gasteiger partial charge in [-0.25, -0.2) is 4.98 Å². The molecule has 1 fully saturated rings. The molecular weight excluding hydrogens is 288 g/mol. The molecular formula is C14H15ClN6. The van der Waals surface area contributed by atoms with E-state index in [-0.39, 0.29) is 0 Å². The molecule has 0 aliphatic carbocycles. The van der Waals surface area contributed by atoms with Crippen molar-refractivity contribution < 1.29 is 0 Å². The Kier molecular flexibility index (Phi) is 4.04. The van der Waals surface area contributed by atoms with Gasteiger partial charge in [-0.05, 0) is 12.1 Å². The highest BCUT2D eigenvalue weighted by atomic mass is 35.5. The molecule has 108 valence electrons. The largest absolute Gasteiger partial charge is 0.354 e. The van der Waals surface area contributed by atoms with Crippen LogP contribution in [0.3, 0.4) is 0 Å². The summed E-state index contributed by atoms with van der Waals surface area (Å²) in [6.45, 7) is 4.46. The van der Waals surface area contributed by atoms with Crippen molar-refractivity contribution >= 4 is 17.4 Å². The van der Waals surface area contributed by atoms with Crippen LogP contribution in [0.15, 0.2) is 30.7 Å². The van der Waals surface area contributed by atoms with E-state index in [2.05, 4.69) is 26.0 Å². The van der Waals surface area contributed by atoms with Crippen LogP contribution in [0.25, 0.3) is 0 Å². The van der Waals surface area contributed by atoms with Gasteiger partial charge >= 0.3 is 0 Å². The summed E-state index contributed by atoms with van der Waals surface area (Å²) in [7, 11) is 0. The lowest BCUT2D eigenvalue weighted by Gasteiger charge is -2.35. The van der Waals surface area contributed by atoms with Crippen molar-refractivity contribution in [2.24, 2.45) is 0 Å². The summed E-state index contributed by atoms with van der Waals surface area (Å²) in [4.78, 5) is 8.89. The first kappa shape index (κ1) is 13.9. The molecule has 0 N–H and O–H groups in total. The highest BCUT2D eigenvalue weighted by molar-refractivity contribution is 6.30. The molecule has 3 heterocycles. The lowest BCUT2D eigenvalue weighted by atomic mass is 10.3. The maximum absolute atomic E-state index is 8.79. The maximum atomic E-state index is 8.79. The van der Waals surface area contributed by atoms with Gasteiger partial charge in [-0.3, -0.25) is 9.58 Å². The Morgan fingerprint density at radius 2 is 2.00 bits per heavy atom. The van der Waals surface area contributed by atoms with Gasteiger partial charge in [0.1, 0.15) is 11.9 Å². The average Bonchev–Trinajstić information content (AvgIpc) is 2.93. The van der Waals surface area contributed by atoms with Crippen molar-refractivity contribution in [3.63, 3.8) is 0 Å². The normalized spacial score (nSPS) is 15.9. The minimum Gasteiger partial charge on any atom is -0.354 e. The fraction of sp³-hybridized carbons (Fsp3) is 0.357. The van der Waals surface area contributed by atoms with E-state index in [0.29, 0.717) is 10.6 Å². The van der Waals surface area contributed by atoms with Gasteiger partial charge in [0.2, 0.25) is 0 Å². The van der Waals surface area contributed by atoms with Gasteiger partial charge in [0.05, 0.1) is 23.5 Å². The monoisotopic (exact) mass is 302 g/mol. The molecule has 2 aromatic rings. The first-order valence-corrected chi connectivity index (χ1v) is 7.14. The minimum atomic E-state index is 0.591. The number of anilines is 1. The zero-order chi connectivity index (χ0) is 14.7. The second-order valence-corrected chi connectivity index (χ2v) is 5.40. The topological polar surface area (TPSA) is 61.0 Å². The quantitative estimate of drug-likeness (QED) is 0.861. The van der Waals surface area contributed by atoms with E-state index in [1.807, 2.05) is 16.9 Å². The van der Waals surface area contributed by atoms with Crippen LogP contribution in [-0.4, -0.2) is 45.8 Å². The Balaban J connectivity index is 1.56. The Morgan fingerprint density at radius 1 is 1.19 bits per heavy atom. The zero-order valence-electron chi connectivity index (χ0n) is 11.5. The Morgan fingerprint density at radius 3 is 2.57 bits per heavy atom. The number of hydrogen-bond acceptors (Lipinski definition) is 5. The molecule has 7 heteroatoms. The van der Waals surface area contributed by atoms with Crippen LogP contribution in [0.2, 0.25) is 5.02 Å². The molecule has 6 nitrogen and oxygen atoms in total. The fourth-order valence-corrected chi connectivity index (χ4v) is 2.53. The van der Waals surface area contributed by atoms with Crippen LogP contribution in [0, 0.1) is 11.3 Å². The molecule has 0 radical (unpaired) electrons. The number of nitriles is 1. The lowest BCUT2D eigenvalue weighted by molar-refractivity contribution is 0.195. The van der Waals surface area contributed by atoms with E-state index in [9.17, 15) is 0 Å². The van der Waals surface area contributed by atoms with Gasteiger partial charge in [-0.2, -0.15) is 10.4 Å². The molecule has 21 heavy (non-hydrogen) atoms. The van der Waals surface area contributed by atoms with E-state index in [1.165, 1.54) is 0 Å². The van der Waals surface area contributed by atoms with Crippen molar-refractivity contribution in [2.75, 3.05) is 31.1 Å². The van der Waals surface area contributed by atoms with Crippen LogP contribution in [-0.2, 0) is 6.67 Å². The van der Waals surface area contributed by atoms with Crippen LogP contribution in [0.1, 0.15) is 5.56 Å². The minimum absolute atomic E-state index is 0.591. The molecule has 3 rings (SSSR count). The number of rotatable bonds is 3. The van der Waals surface area contributed by atoms with Crippen LogP contribution < -0.4 is 4.90 Å². The molecule has 1 aliphatic heterocycles. The molecule has 0 atom stereocenters. The molecule has 1 aliphatic rings. The molecule has 2 aromatic heterocycles. The predicted octanol–water partition coefficient (Wildman–Crippen LogP) is 1.58. The molecule has 0 spiro atoms. The Labute approximate surface area is 128 Å². The Bertz CT molecular complexity index is 636. The van der Waals surface area contributed by atoms with Gasteiger partial charge < -0.3 is 4.90 Å².